The molecule has 1 fully saturated rings. The molecule has 1 aromatic carbocycles. The maximum absolute atomic E-state index is 12.8. The second-order valence-corrected chi connectivity index (χ2v) is 6.80. The van der Waals surface area contributed by atoms with Gasteiger partial charge in [0.05, 0.1) is 5.41 Å². The molecule has 1 amide bonds. The van der Waals surface area contributed by atoms with Crippen molar-refractivity contribution in [1.82, 2.24) is 5.32 Å². The van der Waals surface area contributed by atoms with Crippen LogP contribution in [0.4, 0.5) is 5.69 Å². The van der Waals surface area contributed by atoms with Gasteiger partial charge in [-0.25, -0.2) is 0 Å². The lowest BCUT2D eigenvalue weighted by Crippen LogP contribution is -2.47. The lowest BCUT2D eigenvalue weighted by atomic mass is 9.91. The number of carbonyl (C=O) groups is 1. The Balaban J connectivity index is 2.46. The first kappa shape index (κ1) is 14.1. The van der Waals surface area contributed by atoms with Crippen molar-refractivity contribution in [3.63, 3.8) is 0 Å². The Morgan fingerprint density at radius 1 is 1.16 bits per heavy atom. The number of para-hydroxylation sites is 1. The molecule has 0 spiro atoms. The number of carbonyl (C=O) groups excluding carboxylic acids is 1. The van der Waals surface area contributed by atoms with Crippen molar-refractivity contribution in [2.24, 2.45) is 5.41 Å². The predicted molar refractivity (Wildman–Crippen MR) is 79.4 cm³/mol. The first-order chi connectivity index (χ1) is 8.73. The number of benzene rings is 1. The zero-order valence-electron chi connectivity index (χ0n) is 12.6. The molecule has 0 radical (unpaired) electrons. The number of hydrogen-bond donors (Lipinski definition) is 1. The van der Waals surface area contributed by atoms with Gasteiger partial charge in [-0.2, -0.15) is 0 Å². The molecule has 3 heteroatoms. The molecule has 0 unspecified atom stereocenters. The van der Waals surface area contributed by atoms with Crippen molar-refractivity contribution in [2.75, 3.05) is 18.0 Å². The van der Waals surface area contributed by atoms with Gasteiger partial charge in [-0.1, -0.05) is 18.2 Å². The summed E-state index contributed by atoms with van der Waals surface area (Å²) >= 11 is 0. The van der Waals surface area contributed by atoms with Crippen LogP contribution in [0.1, 0.15) is 33.3 Å². The molecule has 3 nitrogen and oxygen atoms in total. The summed E-state index contributed by atoms with van der Waals surface area (Å²) in [7, 11) is 0. The minimum Gasteiger partial charge on any atom is -0.310 e. The van der Waals surface area contributed by atoms with Crippen molar-refractivity contribution in [3.05, 3.63) is 29.8 Å². The summed E-state index contributed by atoms with van der Waals surface area (Å²) in [6.45, 7) is 11.8. The number of nitrogens with zero attached hydrogens (tertiary/aromatic N) is 1. The molecule has 1 saturated heterocycles. The van der Waals surface area contributed by atoms with E-state index in [0.29, 0.717) is 13.1 Å². The Hall–Kier alpha value is -1.35. The van der Waals surface area contributed by atoms with E-state index in [1.165, 1.54) is 0 Å². The van der Waals surface area contributed by atoms with E-state index in [2.05, 4.69) is 32.2 Å². The molecule has 0 saturated carbocycles. The quantitative estimate of drug-likeness (QED) is 0.842. The lowest BCUT2D eigenvalue weighted by molar-refractivity contribution is -0.125. The van der Waals surface area contributed by atoms with Gasteiger partial charge in [-0.15, -0.1) is 0 Å². The highest BCUT2D eigenvalue weighted by atomic mass is 16.2. The first-order valence-electron chi connectivity index (χ1n) is 6.86. The lowest BCUT2D eigenvalue weighted by Gasteiger charge is -2.32. The third kappa shape index (κ3) is 2.81. The van der Waals surface area contributed by atoms with E-state index >= 15 is 0 Å². The zero-order chi connectivity index (χ0) is 14.3. The highest BCUT2D eigenvalue weighted by Crippen LogP contribution is 2.30. The number of aryl methyl sites for hydroxylation is 1. The largest absolute Gasteiger partial charge is 0.310 e. The molecule has 1 aromatic rings. The minimum atomic E-state index is -0.379. The third-order valence-electron chi connectivity index (χ3n) is 3.79. The fourth-order valence-electron chi connectivity index (χ4n) is 2.49. The van der Waals surface area contributed by atoms with Gasteiger partial charge in [0.25, 0.3) is 0 Å². The topological polar surface area (TPSA) is 32.3 Å². The van der Waals surface area contributed by atoms with E-state index in [0.717, 1.165) is 11.3 Å². The van der Waals surface area contributed by atoms with Crippen molar-refractivity contribution >= 4 is 11.6 Å². The second kappa shape index (κ2) is 4.64. The number of anilines is 1. The first-order valence-corrected chi connectivity index (χ1v) is 6.86. The summed E-state index contributed by atoms with van der Waals surface area (Å²) in [5.41, 5.74) is 1.71. The average molecular weight is 260 g/mol. The normalized spacial score (nSPS) is 22.2. The molecular weight excluding hydrogens is 236 g/mol. The standard InChI is InChI=1S/C16H24N2O/c1-12-8-6-7-9-13(12)18-11-16(4,5)17-10-15(2,3)14(18)19/h6-9,17H,10-11H2,1-5H3. The molecule has 19 heavy (non-hydrogen) atoms. The van der Waals surface area contributed by atoms with Gasteiger partial charge in [0, 0.05) is 24.3 Å². The highest BCUT2D eigenvalue weighted by molar-refractivity contribution is 5.98. The van der Waals surface area contributed by atoms with E-state index in [-0.39, 0.29) is 16.9 Å². The van der Waals surface area contributed by atoms with Crippen molar-refractivity contribution in [2.45, 2.75) is 40.2 Å². The van der Waals surface area contributed by atoms with Gasteiger partial charge in [-0.3, -0.25) is 4.79 Å². The summed E-state index contributed by atoms with van der Waals surface area (Å²) < 4.78 is 0. The maximum Gasteiger partial charge on any atom is 0.233 e. The van der Waals surface area contributed by atoms with Gasteiger partial charge < -0.3 is 10.2 Å². The van der Waals surface area contributed by atoms with E-state index in [4.69, 9.17) is 0 Å². The molecule has 1 aliphatic heterocycles. The molecular formula is C16H24N2O. The van der Waals surface area contributed by atoms with Crippen LogP contribution in [0, 0.1) is 12.3 Å². The van der Waals surface area contributed by atoms with Crippen molar-refractivity contribution < 1.29 is 4.79 Å². The minimum absolute atomic E-state index is 0.0777. The summed E-state index contributed by atoms with van der Waals surface area (Å²) in [6, 6.07) is 8.09. The van der Waals surface area contributed by atoms with Crippen molar-refractivity contribution in [3.8, 4) is 0 Å². The fraction of sp³-hybridized carbons (Fsp3) is 0.562. The summed E-state index contributed by atoms with van der Waals surface area (Å²) in [4.78, 5) is 14.7. The van der Waals surface area contributed by atoms with Crippen LogP contribution >= 0.6 is 0 Å². The van der Waals surface area contributed by atoms with Gasteiger partial charge in [0.1, 0.15) is 0 Å². The maximum atomic E-state index is 12.8. The van der Waals surface area contributed by atoms with Crippen LogP contribution in [0.5, 0.6) is 0 Å². The Labute approximate surface area is 116 Å². The SMILES string of the molecule is Cc1ccccc1N1CC(C)(C)NCC(C)(C)C1=O. The third-order valence-corrected chi connectivity index (χ3v) is 3.79. The molecule has 0 aliphatic carbocycles. The molecule has 1 N–H and O–H groups in total. The highest BCUT2D eigenvalue weighted by Gasteiger charge is 2.40. The van der Waals surface area contributed by atoms with Crippen LogP contribution in [0.2, 0.25) is 0 Å². The number of amides is 1. The number of nitrogens with one attached hydrogen (secondary N) is 1. The number of hydrogen-bond acceptors (Lipinski definition) is 2. The molecule has 2 rings (SSSR count). The average Bonchev–Trinajstić information content (AvgIpc) is 2.41. The molecule has 1 heterocycles. The monoisotopic (exact) mass is 260 g/mol. The summed E-state index contributed by atoms with van der Waals surface area (Å²) in [5.74, 6) is 0.194. The molecule has 0 atom stereocenters. The number of rotatable bonds is 1. The van der Waals surface area contributed by atoms with E-state index in [1.807, 2.05) is 36.9 Å². The van der Waals surface area contributed by atoms with Gasteiger partial charge in [-0.05, 0) is 46.2 Å². The Bertz CT molecular complexity index is 491. The van der Waals surface area contributed by atoms with Gasteiger partial charge >= 0.3 is 0 Å². The zero-order valence-corrected chi connectivity index (χ0v) is 12.6. The van der Waals surface area contributed by atoms with Gasteiger partial charge in [0.2, 0.25) is 5.91 Å². The van der Waals surface area contributed by atoms with E-state index in [9.17, 15) is 4.79 Å². The van der Waals surface area contributed by atoms with Gasteiger partial charge in [0.15, 0.2) is 0 Å². The van der Waals surface area contributed by atoms with Crippen molar-refractivity contribution in [1.29, 1.82) is 0 Å². The smallest absolute Gasteiger partial charge is 0.233 e. The van der Waals surface area contributed by atoms with Crippen LogP contribution in [-0.4, -0.2) is 24.5 Å². The van der Waals surface area contributed by atoms with E-state index < -0.39 is 0 Å². The van der Waals surface area contributed by atoms with E-state index in [1.54, 1.807) is 0 Å². The van der Waals surface area contributed by atoms with Crippen LogP contribution in [0.3, 0.4) is 0 Å². The second-order valence-electron chi connectivity index (χ2n) is 6.80. The Morgan fingerprint density at radius 3 is 2.42 bits per heavy atom. The Kier molecular flexibility index (Phi) is 3.43. The summed E-state index contributed by atoms with van der Waals surface area (Å²) in [6.07, 6.45) is 0. The van der Waals surface area contributed by atoms with Crippen LogP contribution in [-0.2, 0) is 4.79 Å². The fourth-order valence-corrected chi connectivity index (χ4v) is 2.49. The van der Waals surface area contributed by atoms with Crippen LogP contribution < -0.4 is 10.2 Å². The predicted octanol–water partition coefficient (Wildman–Crippen LogP) is 2.74. The molecule has 0 aromatic heterocycles. The molecule has 1 aliphatic rings. The molecule has 104 valence electrons. The van der Waals surface area contributed by atoms with Crippen LogP contribution in [0.25, 0.3) is 0 Å². The van der Waals surface area contributed by atoms with Crippen LogP contribution in [0.15, 0.2) is 24.3 Å². The Morgan fingerprint density at radius 2 is 1.79 bits per heavy atom. The summed E-state index contributed by atoms with van der Waals surface area (Å²) in [5, 5.41) is 3.50. The molecule has 0 bridgehead atoms.